The Bertz CT molecular complexity index is 2700. The van der Waals surface area contributed by atoms with E-state index >= 15 is 0 Å². The summed E-state index contributed by atoms with van der Waals surface area (Å²) < 4.78 is 0. The summed E-state index contributed by atoms with van der Waals surface area (Å²) in [5.74, 6) is -4.95. The molecule has 0 bridgehead atoms. The predicted molar refractivity (Wildman–Crippen MR) is 339 cm³/mol. The summed E-state index contributed by atoms with van der Waals surface area (Å²) in [5.41, 5.74) is 12.8. The van der Waals surface area contributed by atoms with E-state index < -0.39 is 122 Å². The molecular weight excluding hydrogens is 1200 g/mol. The van der Waals surface area contributed by atoms with E-state index in [0.717, 1.165) is 34.3 Å². The average molecular weight is 1290 g/mol. The van der Waals surface area contributed by atoms with Gasteiger partial charge in [0.25, 0.3) is 0 Å². The van der Waals surface area contributed by atoms with Crippen molar-refractivity contribution in [2.75, 3.05) is 67.0 Å². The van der Waals surface area contributed by atoms with Crippen LogP contribution in [0.3, 0.4) is 0 Å². The minimum absolute atomic E-state index is 0.00760. The molecule has 0 fully saturated rings. The number of aromatic nitrogens is 3. The Labute approximate surface area is 521 Å². The quantitative estimate of drug-likeness (QED) is 0.0252. The van der Waals surface area contributed by atoms with Crippen molar-refractivity contribution in [1.29, 1.82) is 0 Å². The number of nitrogens with zero attached hydrogens (tertiary/aromatic N) is 1. The molecule has 0 radical (unpaired) electrons. The molecule has 0 aliphatic heterocycles. The zero-order valence-corrected chi connectivity index (χ0v) is 53.7. The molecule has 0 unspecified atom stereocenters. The van der Waals surface area contributed by atoms with Crippen molar-refractivity contribution < 1.29 is 63.0 Å². The van der Waals surface area contributed by atoms with Crippen molar-refractivity contribution in [3.8, 4) is 0 Å². The lowest BCUT2D eigenvalue weighted by Gasteiger charge is -2.26. The van der Waals surface area contributed by atoms with Crippen LogP contribution in [0.15, 0.2) is 43.0 Å². The minimum Gasteiger partial charge on any atom is -0.392 e. The van der Waals surface area contributed by atoms with Crippen LogP contribution in [0, 0.1) is 11.8 Å². The third kappa shape index (κ3) is 28.9. The van der Waals surface area contributed by atoms with E-state index in [0.29, 0.717) is 36.4 Å². The van der Waals surface area contributed by atoms with E-state index in [9.17, 15) is 63.0 Å². The van der Waals surface area contributed by atoms with Gasteiger partial charge in [-0.05, 0) is 86.4 Å². The molecule has 3 aromatic rings. The average Bonchev–Trinajstić information content (AvgIpc) is 4.31. The summed E-state index contributed by atoms with van der Waals surface area (Å²) in [6.45, 7) is 7.99. The predicted octanol–water partition coefficient (Wildman–Crippen LogP) is -0.454. The van der Waals surface area contributed by atoms with Crippen LogP contribution in [-0.4, -0.2) is 199 Å². The van der Waals surface area contributed by atoms with E-state index in [1.165, 1.54) is 43.0 Å². The van der Waals surface area contributed by atoms with E-state index in [4.69, 9.17) is 11.5 Å². The van der Waals surface area contributed by atoms with Crippen LogP contribution in [-0.2, 0) is 65.6 Å². The Morgan fingerprint density at radius 2 is 1.28 bits per heavy atom. The number of unbranched alkanes of at least 4 members (excludes halogenated alkanes) is 1. The third-order valence-electron chi connectivity index (χ3n) is 13.4. The van der Waals surface area contributed by atoms with Gasteiger partial charge in [-0.15, -0.1) is 0 Å². The van der Waals surface area contributed by atoms with Gasteiger partial charge < -0.3 is 79.5 Å². The van der Waals surface area contributed by atoms with E-state index in [-0.39, 0.29) is 75.2 Å². The van der Waals surface area contributed by atoms with Gasteiger partial charge in [-0.1, -0.05) is 53.8 Å². The number of rotatable bonds is 44. The number of aromatic amines is 2. The van der Waals surface area contributed by atoms with Gasteiger partial charge in [0.15, 0.2) is 0 Å². The number of carbonyl (C=O) groups excluding carboxylic acids is 11. The molecule has 17 N–H and O–H groups in total. The first-order valence-electron chi connectivity index (χ1n) is 28.8. The first-order chi connectivity index (χ1) is 41.5. The molecule has 0 saturated heterocycles. The van der Waals surface area contributed by atoms with Gasteiger partial charge in [0, 0.05) is 72.7 Å². The van der Waals surface area contributed by atoms with Crippen LogP contribution < -0.4 is 59.3 Å². The molecule has 0 saturated carbocycles. The zero-order chi connectivity index (χ0) is 64.4. The number of para-hydroxylation sites is 1. The lowest BCUT2D eigenvalue weighted by molar-refractivity contribution is -0.135. The number of amides is 11. The molecule has 7 atom stereocenters. The van der Waals surface area contributed by atoms with Crippen molar-refractivity contribution in [1.82, 2.24) is 62.8 Å². The SMILES string of the molecule is CSCC[C@H](NC(=O)[C@H](CC(C)C)NC(=O)[C@H](Cc1cnc[nH]1)NC(=O)CNC(=O)[C@@H](NC(=O)[C@H](C)NC(=O)[C@H](Cc1c[nH]c2ccccc12)NC(=O)[C@H](CCC(N)=O)NC(=O)CCCCNC(=O)CSCCSCCP(CO)CO)C(C)C)C(N)=O. The normalized spacial score (nSPS) is 13.7. The molecule has 1 aromatic carbocycles. The van der Waals surface area contributed by atoms with Gasteiger partial charge in [0.1, 0.15) is 42.3 Å². The number of nitrogens with two attached hydrogens (primary N) is 2. The minimum atomic E-state index is -1.36. The number of primary amides is 2. The summed E-state index contributed by atoms with van der Waals surface area (Å²) in [7, 11) is -0.753. The molecule has 3 rings (SSSR count). The van der Waals surface area contributed by atoms with Crippen LogP contribution in [0.4, 0.5) is 0 Å². The fourth-order valence-electron chi connectivity index (χ4n) is 8.59. The molecule has 484 valence electrons. The zero-order valence-electron chi connectivity index (χ0n) is 50.3. The van der Waals surface area contributed by atoms with Crippen LogP contribution in [0.25, 0.3) is 10.9 Å². The fraction of sp³-hybridized carbons (Fsp3) is 0.607. The molecule has 2 aromatic heterocycles. The van der Waals surface area contributed by atoms with Crippen LogP contribution in [0.5, 0.6) is 0 Å². The maximum absolute atomic E-state index is 14.3. The van der Waals surface area contributed by atoms with E-state index in [2.05, 4.69) is 62.8 Å². The van der Waals surface area contributed by atoms with Crippen LogP contribution >= 0.6 is 43.2 Å². The molecule has 0 aliphatic rings. The summed E-state index contributed by atoms with van der Waals surface area (Å²) in [5, 5.41) is 43.0. The topological polar surface area (TPSA) is 433 Å². The molecular formula is C56H89N14O13PS3. The summed E-state index contributed by atoms with van der Waals surface area (Å²) in [6.07, 6.45) is 7.68. The highest BCUT2D eigenvalue weighted by atomic mass is 32.2. The largest absolute Gasteiger partial charge is 0.392 e. The second kappa shape index (κ2) is 40.9. The van der Waals surface area contributed by atoms with Gasteiger partial charge in [-0.25, -0.2) is 4.98 Å². The van der Waals surface area contributed by atoms with Crippen molar-refractivity contribution >= 4 is 119 Å². The molecule has 0 spiro atoms. The maximum atomic E-state index is 14.3. The number of benzene rings is 1. The number of aliphatic hydroxyl groups is 2. The standard InChI is InChI=1S/C56H89N14O13PS3/c1-33(2)23-42(54(81)67-40(50(58)77)16-19-85-6)68-55(82)44(25-37-27-59-30-63-37)66-47(75)28-62-56(83)49(34(3)4)70-51(78)35(5)64-53(80)43(24-36-26-61-39-12-8-7-11-38(36)39)69-52(79)41(14-15-45(57)73)65-46(74)13-9-10-17-60-48(76)29-87-22-21-86-20-18-84(31-71)32-72/h7-8,11-12,26-27,30,33-35,40-44,49,61,71-72H,9-10,13-25,28-29,31-32H2,1-6H3,(H2,57,73)(H2,58,77)(H,59,63)(H,60,76)(H,62,83)(H,64,80)(H,65,74)(H,66,75)(H,67,81)(H,68,82)(H,69,79)(H,70,78)/t35-,40-,41-,42-,43-,44-,49-/m0/s1. The highest BCUT2D eigenvalue weighted by Crippen LogP contribution is 2.33. The first-order valence-corrected chi connectivity index (χ1v) is 34.4. The monoisotopic (exact) mass is 1290 g/mol. The number of aliphatic hydroxyl groups excluding tert-OH is 2. The Balaban J connectivity index is 1.66. The third-order valence-corrected chi connectivity index (χ3v) is 18.2. The molecule has 27 nitrogen and oxygen atoms in total. The summed E-state index contributed by atoms with van der Waals surface area (Å²) in [4.78, 5) is 156. The Kier molecular flexibility index (Phi) is 35.2. The second-order valence-electron chi connectivity index (χ2n) is 21.4. The van der Waals surface area contributed by atoms with E-state index in [1.54, 1.807) is 37.9 Å². The number of fused-ring (bicyclic) bond motifs is 1. The lowest BCUT2D eigenvalue weighted by atomic mass is 10.0. The Hall–Kier alpha value is -6.46. The van der Waals surface area contributed by atoms with Gasteiger partial charge >= 0.3 is 0 Å². The molecule has 31 heteroatoms. The number of H-pyrrole nitrogens is 2. The van der Waals surface area contributed by atoms with Crippen molar-refractivity contribution in [3.05, 3.63) is 54.2 Å². The van der Waals surface area contributed by atoms with Crippen molar-refractivity contribution in [3.63, 3.8) is 0 Å². The number of imidazole rings is 1. The van der Waals surface area contributed by atoms with E-state index in [1.807, 2.05) is 38.3 Å². The first kappa shape index (κ1) is 74.8. The number of nitrogens with one attached hydrogen (secondary N) is 11. The van der Waals surface area contributed by atoms with Crippen LogP contribution in [0.1, 0.15) is 90.8 Å². The molecule has 87 heavy (non-hydrogen) atoms. The number of hydrogen-bond donors (Lipinski definition) is 15. The second-order valence-corrected chi connectivity index (χ2v) is 27.1. The van der Waals surface area contributed by atoms with Crippen LogP contribution in [0.2, 0.25) is 0 Å². The highest BCUT2D eigenvalue weighted by molar-refractivity contribution is 8.03. The Morgan fingerprint density at radius 1 is 0.632 bits per heavy atom. The smallest absolute Gasteiger partial charge is 0.243 e. The lowest BCUT2D eigenvalue weighted by Crippen LogP contribution is -2.59. The van der Waals surface area contributed by atoms with Crippen molar-refractivity contribution in [2.45, 2.75) is 135 Å². The summed E-state index contributed by atoms with van der Waals surface area (Å²) in [6, 6.07) is -1.36. The highest BCUT2D eigenvalue weighted by Gasteiger charge is 2.34. The molecule has 0 aliphatic carbocycles. The Morgan fingerprint density at radius 3 is 1.93 bits per heavy atom. The van der Waals surface area contributed by atoms with Gasteiger partial charge in [-0.2, -0.15) is 35.3 Å². The molecule has 11 amide bonds. The number of carbonyl (C=O) groups is 11. The number of hydrogen-bond acceptors (Lipinski definition) is 17. The van der Waals surface area contributed by atoms with Gasteiger partial charge in [0.05, 0.1) is 31.3 Å². The fourth-order valence-corrected chi connectivity index (χ4v) is 12.6. The molecule has 2 heterocycles. The van der Waals surface area contributed by atoms with Gasteiger partial charge in [0.2, 0.25) is 65.0 Å². The van der Waals surface area contributed by atoms with Gasteiger partial charge in [-0.3, -0.25) is 52.7 Å². The maximum Gasteiger partial charge on any atom is 0.243 e. The number of thioether (sulfide) groups is 3. The summed E-state index contributed by atoms with van der Waals surface area (Å²) >= 11 is 4.65. The van der Waals surface area contributed by atoms with Crippen molar-refractivity contribution in [2.24, 2.45) is 23.3 Å².